The molecule has 0 aromatic heterocycles. The van der Waals surface area contributed by atoms with Gasteiger partial charge in [-0.15, -0.1) is 4.36 Å². The molecule has 102 valence electrons. The van der Waals surface area contributed by atoms with Crippen LogP contribution in [0.2, 0.25) is 0 Å². The molecule has 0 atom stereocenters. The van der Waals surface area contributed by atoms with Crippen LogP contribution in [0.1, 0.15) is 31.1 Å². The van der Waals surface area contributed by atoms with Gasteiger partial charge in [0.25, 0.3) is 5.91 Å². The minimum absolute atomic E-state index is 0.154. The van der Waals surface area contributed by atoms with Crippen LogP contribution in [0, 0.1) is 0 Å². The van der Waals surface area contributed by atoms with Gasteiger partial charge in [0, 0.05) is 5.56 Å². The number of benzene rings is 1. The number of hydrogen-bond donors (Lipinski definition) is 0. The first-order valence-electron chi connectivity index (χ1n) is 5.37. The molecule has 0 saturated heterocycles. The highest BCUT2D eigenvalue weighted by Crippen LogP contribution is 2.15. The first-order chi connectivity index (χ1) is 8.81. The number of nitrogens with zero attached hydrogens (tertiary/aromatic N) is 1. The molecular formula is C12H13NO5S. The van der Waals surface area contributed by atoms with Gasteiger partial charge in [0.15, 0.2) is 0 Å². The van der Waals surface area contributed by atoms with Crippen LogP contribution < -0.4 is 4.74 Å². The minimum atomic E-state index is -0.827. The number of carbonyl (C=O) groups excluding carboxylic acids is 2. The second-order valence-corrected chi connectivity index (χ2v) is 4.89. The maximum Gasteiger partial charge on any atom is 0.514 e. The molecule has 1 rings (SSSR count). The van der Waals surface area contributed by atoms with E-state index in [9.17, 15) is 13.8 Å². The van der Waals surface area contributed by atoms with Crippen molar-refractivity contribution in [1.29, 1.82) is 0 Å². The van der Waals surface area contributed by atoms with Gasteiger partial charge in [-0.1, -0.05) is 0 Å². The van der Waals surface area contributed by atoms with Crippen LogP contribution in [0.25, 0.3) is 0 Å². The van der Waals surface area contributed by atoms with Crippen molar-refractivity contribution in [2.45, 2.75) is 26.4 Å². The topological polar surface area (TPSA) is 82.0 Å². The molecule has 0 aliphatic heterocycles. The van der Waals surface area contributed by atoms with E-state index in [2.05, 4.69) is 4.36 Å². The SMILES string of the molecule is CC(C)(C)OC(=O)Oc1ccc(C(=O)N=S=O)cc1. The molecule has 0 aliphatic carbocycles. The fourth-order valence-corrected chi connectivity index (χ4v) is 1.29. The molecule has 0 heterocycles. The molecule has 0 radical (unpaired) electrons. The van der Waals surface area contributed by atoms with Crippen molar-refractivity contribution in [3.8, 4) is 5.75 Å². The van der Waals surface area contributed by atoms with Crippen LogP contribution in [0.5, 0.6) is 5.75 Å². The molecule has 0 N–H and O–H groups in total. The molecule has 1 aromatic rings. The second-order valence-electron chi connectivity index (χ2n) is 4.56. The van der Waals surface area contributed by atoms with E-state index >= 15 is 0 Å². The third kappa shape index (κ3) is 5.43. The zero-order chi connectivity index (χ0) is 14.5. The average molecular weight is 283 g/mol. The van der Waals surface area contributed by atoms with E-state index in [4.69, 9.17) is 9.47 Å². The van der Waals surface area contributed by atoms with Crippen molar-refractivity contribution >= 4 is 23.5 Å². The number of amides is 1. The number of carbonyl (C=O) groups is 2. The van der Waals surface area contributed by atoms with Crippen molar-refractivity contribution in [3.05, 3.63) is 29.8 Å². The van der Waals surface area contributed by atoms with Gasteiger partial charge in [-0.25, -0.2) is 4.79 Å². The van der Waals surface area contributed by atoms with E-state index in [-0.39, 0.29) is 22.8 Å². The summed E-state index contributed by atoms with van der Waals surface area (Å²) in [6.45, 7) is 5.16. The zero-order valence-electron chi connectivity index (χ0n) is 10.7. The van der Waals surface area contributed by atoms with Crippen LogP contribution in [0.4, 0.5) is 4.79 Å². The van der Waals surface area contributed by atoms with Crippen LogP contribution >= 0.6 is 0 Å². The van der Waals surface area contributed by atoms with Crippen molar-refractivity contribution in [1.82, 2.24) is 0 Å². The molecule has 0 bridgehead atoms. The molecule has 1 aromatic carbocycles. The first-order valence-corrected chi connectivity index (χ1v) is 6.07. The lowest BCUT2D eigenvalue weighted by atomic mass is 10.2. The average Bonchev–Trinajstić information content (AvgIpc) is 2.27. The lowest BCUT2D eigenvalue weighted by Crippen LogP contribution is -2.25. The van der Waals surface area contributed by atoms with Gasteiger partial charge in [-0.05, 0) is 45.0 Å². The summed E-state index contributed by atoms with van der Waals surface area (Å²) in [6.07, 6.45) is -0.827. The Morgan fingerprint density at radius 1 is 1.16 bits per heavy atom. The molecule has 0 unspecified atom stereocenters. The third-order valence-corrected chi connectivity index (χ3v) is 2.05. The highest BCUT2D eigenvalue weighted by Gasteiger charge is 2.18. The molecular weight excluding hydrogens is 270 g/mol. The first kappa shape index (κ1) is 15.0. The fourth-order valence-electron chi connectivity index (χ4n) is 1.12. The van der Waals surface area contributed by atoms with Crippen LogP contribution in [0.3, 0.4) is 0 Å². The van der Waals surface area contributed by atoms with E-state index in [1.807, 2.05) is 0 Å². The summed E-state index contributed by atoms with van der Waals surface area (Å²) in [6, 6.07) is 5.65. The van der Waals surface area contributed by atoms with E-state index in [0.717, 1.165) is 0 Å². The van der Waals surface area contributed by atoms with Gasteiger partial charge in [0.2, 0.25) is 11.5 Å². The molecule has 19 heavy (non-hydrogen) atoms. The fraction of sp³-hybridized carbons (Fsp3) is 0.333. The third-order valence-electron chi connectivity index (χ3n) is 1.81. The Bertz CT molecular complexity index is 526. The summed E-state index contributed by atoms with van der Waals surface area (Å²) in [5, 5.41) is 0. The monoisotopic (exact) mass is 283 g/mol. The molecule has 0 aliphatic rings. The maximum atomic E-state index is 11.4. The molecule has 1 amide bonds. The van der Waals surface area contributed by atoms with Crippen LogP contribution in [-0.2, 0) is 16.2 Å². The number of hydrogen-bond acceptors (Lipinski definition) is 5. The van der Waals surface area contributed by atoms with E-state index in [1.165, 1.54) is 24.3 Å². The van der Waals surface area contributed by atoms with Crippen molar-refractivity contribution < 1.29 is 23.3 Å². The summed E-state index contributed by atoms with van der Waals surface area (Å²) < 4.78 is 23.1. The summed E-state index contributed by atoms with van der Waals surface area (Å²) in [5.41, 5.74) is -0.406. The smallest absolute Gasteiger partial charge is 0.428 e. The highest BCUT2D eigenvalue weighted by molar-refractivity contribution is 7.55. The van der Waals surface area contributed by atoms with Gasteiger partial charge in [-0.3, -0.25) is 4.79 Å². The quantitative estimate of drug-likeness (QED) is 0.615. The van der Waals surface area contributed by atoms with Crippen molar-refractivity contribution in [2.24, 2.45) is 4.36 Å². The predicted molar refractivity (Wildman–Crippen MR) is 68.2 cm³/mol. The van der Waals surface area contributed by atoms with Gasteiger partial charge in [-0.2, -0.15) is 4.21 Å². The molecule has 0 spiro atoms. The van der Waals surface area contributed by atoms with Crippen LogP contribution in [-0.4, -0.2) is 21.9 Å². The van der Waals surface area contributed by atoms with Crippen LogP contribution in [0.15, 0.2) is 28.6 Å². The summed E-state index contributed by atoms with van der Waals surface area (Å²) in [4.78, 5) is 22.6. The highest BCUT2D eigenvalue weighted by atomic mass is 32.1. The van der Waals surface area contributed by atoms with Crippen molar-refractivity contribution in [3.63, 3.8) is 0 Å². The standard InChI is InChI=1S/C12H13NO5S/c1-12(2,3)18-11(15)17-9-6-4-8(5-7-9)10(14)13-19-16/h4-7H,1-3H3. The van der Waals surface area contributed by atoms with Crippen molar-refractivity contribution in [2.75, 3.05) is 0 Å². The second kappa shape index (κ2) is 6.24. The number of ether oxygens (including phenoxy) is 2. The van der Waals surface area contributed by atoms with E-state index in [0.29, 0.717) is 0 Å². The molecule has 7 heteroatoms. The summed E-state index contributed by atoms with van der Waals surface area (Å²) in [5.74, 6) is -0.399. The predicted octanol–water partition coefficient (Wildman–Crippen LogP) is 2.54. The van der Waals surface area contributed by atoms with Gasteiger partial charge < -0.3 is 9.47 Å². The maximum absolute atomic E-state index is 11.4. The van der Waals surface area contributed by atoms with Gasteiger partial charge in [0.1, 0.15) is 11.4 Å². The Labute approximate surface area is 114 Å². The summed E-state index contributed by atoms with van der Waals surface area (Å²) >= 11 is -0.154. The van der Waals surface area contributed by atoms with Gasteiger partial charge in [0.05, 0.1) is 0 Å². The van der Waals surface area contributed by atoms with E-state index in [1.54, 1.807) is 20.8 Å². The Morgan fingerprint density at radius 2 is 1.74 bits per heavy atom. The largest absolute Gasteiger partial charge is 0.514 e. The molecule has 0 saturated carbocycles. The summed E-state index contributed by atoms with van der Waals surface area (Å²) in [7, 11) is 0. The lowest BCUT2D eigenvalue weighted by Gasteiger charge is -2.18. The Kier molecular flexibility index (Phi) is 4.94. The Balaban J connectivity index is 2.70. The molecule has 0 fully saturated rings. The van der Waals surface area contributed by atoms with Gasteiger partial charge >= 0.3 is 6.16 Å². The minimum Gasteiger partial charge on any atom is -0.428 e. The zero-order valence-corrected chi connectivity index (χ0v) is 11.5. The Hall–Kier alpha value is -2.02. The molecule has 6 nitrogen and oxygen atoms in total. The normalized spacial score (nSPS) is 10.5. The Morgan fingerprint density at radius 3 is 2.21 bits per heavy atom. The number of rotatable bonds is 2. The van der Waals surface area contributed by atoms with E-state index < -0.39 is 17.7 Å². The lowest BCUT2D eigenvalue weighted by molar-refractivity contribution is 0.0206.